The van der Waals surface area contributed by atoms with Crippen molar-refractivity contribution in [2.24, 2.45) is 0 Å². The predicted octanol–water partition coefficient (Wildman–Crippen LogP) is 1.89. The van der Waals surface area contributed by atoms with Crippen LogP contribution in [0.5, 0.6) is 11.8 Å². The summed E-state index contributed by atoms with van der Waals surface area (Å²) < 4.78 is 5.38. The van der Waals surface area contributed by atoms with Crippen molar-refractivity contribution in [2.45, 2.75) is 5.03 Å². The number of aromatic nitrogens is 2. The van der Waals surface area contributed by atoms with Crippen molar-refractivity contribution in [2.75, 3.05) is 25.4 Å². The van der Waals surface area contributed by atoms with Gasteiger partial charge < -0.3 is 20.3 Å². The van der Waals surface area contributed by atoms with E-state index >= 15 is 0 Å². The Labute approximate surface area is 146 Å². The highest BCUT2D eigenvalue weighted by Crippen LogP contribution is 2.28. The normalized spacial score (nSPS) is 10.5. The van der Waals surface area contributed by atoms with Gasteiger partial charge in [-0.25, -0.2) is 9.78 Å². The first kappa shape index (κ1) is 18.3. The van der Waals surface area contributed by atoms with Crippen LogP contribution >= 0.6 is 21.6 Å². The number of hydrogen-bond acceptors (Lipinski definition) is 9. The SMILES string of the molecule is O=C(OCCNCCSSc1ccccn1)On1c(O)ccc1O. The molecule has 0 unspecified atom stereocenters. The molecule has 0 spiro atoms. The molecule has 8 nitrogen and oxygen atoms in total. The zero-order valence-corrected chi connectivity index (χ0v) is 14.3. The monoisotopic (exact) mass is 371 g/mol. The number of nitrogens with zero attached hydrogens (tertiary/aromatic N) is 2. The second-order valence-corrected chi connectivity index (χ2v) is 6.79. The fraction of sp³-hybridized carbons (Fsp3) is 0.286. The third kappa shape index (κ3) is 6.22. The van der Waals surface area contributed by atoms with Crippen LogP contribution < -0.4 is 10.2 Å². The molecule has 2 rings (SSSR count). The largest absolute Gasteiger partial charge is 0.534 e. The molecular weight excluding hydrogens is 354 g/mol. The van der Waals surface area contributed by atoms with Gasteiger partial charge >= 0.3 is 6.16 Å². The van der Waals surface area contributed by atoms with Gasteiger partial charge in [0.1, 0.15) is 11.6 Å². The van der Waals surface area contributed by atoms with Crippen LogP contribution in [0.25, 0.3) is 0 Å². The van der Waals surface area contributed by atoms with Crippen molar-refractivity contribution in [1.29, 1.82) is 0 Å². The summed E-state index contributed by atoms with van der Waals surface area (Å²) in [4.78, 5) is 20.2. The predicted molar refractivity (Wildman–Crippen MR) is 91.1 cm³/mol. The van der Waals surface area contributed by atoms with Crippen LogP contribution in [0, 0.1) is 0 Å². The maximum atomic E-state index is 11.4. The van der Waals surface area contributed by atoms with E-state index < -0.39 is 17.9 Å². The van der Waals surface area contributed by atoms with Gasteiger partial charge in [-0.15, -0.1) is 4.73 Å². The molecule has 0 bridgehead atoms. The summed E-state index contributed by atoms with van der Waals surface area (Å²) in [5.41, 5.74) is 0. The molecule has 0 amide bonds. The molecule has 0 aliphatic heterocycles. The number of pyridine rings is 1. The zero-order chi connectivity index (χ0) is 17.2. The van der Waals surface area contributed by atoms with Crippen LogP contribution in [0.15, 0.2) is 41.6 Å². The Balaban J connectivity index is 1.48. The Morgan fingerprint density at radius 3 is 2.71 bits per heavy atom. The number of carbonyl (C=O) groups excluding carboxylic acids is 1. The van der Waals surface area contributed by atoms with Crippen LogP contribution in [0.1, 0.15) is 0 Å². The first-order chi connectivity index (χ1) is 11.7. The van der Waals surface area contributed by atoms with Crippen molar-refractivity contribution < 1.29 is 24.6 Å². The van der Waals surface area contributed by atoms with E-state index in [0.717, 1.165) is 17.3 Å². The zero-order valence-electron chi connectivity index (χ0n) is 12.6. The van der Waals surface area contributed by atoms with Crippen molar-refractivity contribution in [3.63, 3.8) is 0 Å². The van der Waals surface area contributed by atoms with Gasteiger partial charge in [0.15, 0.2) is 0 Å². The highest BCUT2D eigenvalue weighted by Gasteiger charge is 2.12. The second-order valence-electron chi connectivity index (χ2n) is 4.36. The number of rotatable bonds is 9. The number of hydrogen-bond donors (Lipinski definition) is 3. The Morgan fingerprint density at radius 2 is 2.00 bits per heavy atom. The first-order valence-corrected chi connectivity index (χ1v) is 9.34. The smallest absolute Gasteiger partial charge is 0.492 e. The molecule has 130 valence electrons. The van der Waals surface area contributed by atoms with Gasteiger partial charge in [0.25, 0.3) is 0 Å². The van der Waals surface area contributed by atoms with Gasteiger partial charge in [-0.3, -0.25) is 4.84 Å². The third-order valence-electron chi connectivity index (χ3n) is 2.61. The van der Waals surface area contributed by atoms with E-state index in [1.165, 1.54) is 12.1 Å². The average Bonchev–Trinajstić information content (AvgIpc) is 2.90. The molecule has 24 heavy (non-hydrogen) atoms. The van der Waals surface area contributed by atoms with Crippen molar-refractivity contribution >= 4 is 27.7 Å². The van der Waals surface area contributed by atoms with Crippen LogP contribution in [0.4, 0.5) is 4.79 Å². The quantitative estimate of drug-likeness (QED) is 0.346. The van der Waals surface area contributed by atoms with E-state index in [0.29, 0.717) is 11.3 Å². The molecule has 0 atom stereocenters. The van der Waals surface area contributed by atoms with Gasteiger partial charge in [0, 0.05) is 37.2 Å². The van der Waals surface area contributed by atoms with E-state index in [-0.39, 0.29) is 6.61 Å². The molecule has 10 heteroatoms. The lowest BCUT2D eigenvalue weighted by molar-refractivity contribution is 0.0362. The van der Waals surface area contributed by atoms with Gasteiger partial charge in [-0.2, -0.15) is 0 Å². The van der Waals surface area contributed by atoms with Gasteiger partial charge in [-0.1, -0.05) is 16.9 Å². The molecule has 0 radical (unpaired) electrons. The minimum absolute atomic E-state index is 0.111. The summed E-state index contributed by atoms with van der Waals surface area (Å²) in [5.74, 6) is 0.0755. The summed E-state index contributed by atoms with van der Waals surface area (Å²) in [6.45, 7) is 1.33. The van der Waals surface area contributed by atoms with Gasteiger partial charge in [-0.05, 0) is 22.9 Å². The highest BCUT2D eigenvalue weighted by molar-refractivity contribution is 8.76. The maximum Gasteiger partial charge on any atom is 0.534 e. The molecule has 0 saturated heterocycles. The van der Waals surface area contributed by atoms with Gasteiger partial charge in [0.05, 0.1) is 0 Å². The summed E-state index contributed by atoms with van der Waals surface area (Å²) in [6.07, 6.45) is 0.740. The topological polar surface area (TPSA) is 106 Å². The Morgan fingerprint density at radius 1 is 1.21 bits per heavy atom. The molecule has 2 aromatic heterocycles. The number of aromatic hydroxyl groups is 2. The molecule has 0 aliphatic carbocycles. The minimum atomic E-state index is -1.02. The van der Waals surface area contributed by atoms with Crippen LogP contribution in [-0.4, -0.2) is 51.5 Å². The molecular formula is C14H17N3O5S2. The van der Waals surface area contributed by atoms with Crippen molar-refractivity contribution in [3.8, 4) is 11.8 Å². The van der Waals surface area contributed by atoms with E-state index in [1.54, 1.807) is 27.8 Å². The van der Waals surface area contributed by atoms with Crippen LogP contribution in [-0.2, 0) is 4.74 Å². The first-order valence-electron chi connectivity index (χ1n) is 7.03. The molecule has 3 N–H and O–H groups in total. The molecule has 0 aliphatic rings. The summed E-state index contributed by atoms with van der Waals surface area (Å²) in [7, 11) is 3.28. The molecule has 0 fully saturated rings. The number of ether oxygens (including phenoxy) is 1. The lowest BCUT2D eigenvalue weighted by Gasteiger charge is -2.08. The molecule has 2 heterocycles. The van der Waals surface area contributed by atoms with E-state index in [2.05, 4.69) is 15.1 Å². The number of nitrogens with one attached hydrogen (secondary N) is 1. The summed E-state index contributed by atoms with van der Waals surface area (Å²) in [6, 6.07) is 8.14. The Kier molecular flexibility index (Phi) is 7.59. The maximum absolute atomic E-state index is 11.4. The summed E-state index contributed by atoms with van der Waals surface area (Å²) in [5, 5.41) is 22.7. The minimum Gasteiger partial charge on any atom is -0.492 e. The van der Waals surface area contributed by atoms with E-state index in [4.69, 9.17) is 4.74 Å². The average molecular weight is 371 g/mol. The fourth-order valence-electron chi connectivity index (χ4n) is 1.54. The highest BCUT2D eigenvalue weighted by atomic mass is 33.1. The molecule has 2 aromatic rings. The van der Waals surface area contributed by atoms with E-state index in [9.17, 15) is 15.0 Å². The lowest BCUT2D eigenvalue weighted by Crippen LogP contribution is -2.26. The standard InChI is InChI=1S/C14H17N3O5S2/c18-12-4-5-13(19)17(12)22-14(20)21-9-7-15-8-10-23-24-11-3-1-2-6-16-11/h1-6,15,18-19H,7-10H2. The Hall–Kier alpha value is -2.04. The third-order valence-corrected chi connectivity index (χ3v) is 4.87. The van der Waals surface area contributed by atoms with Crippen LogP contribution in [0.2, 0.25) is 0 Å². The fourth-order valence-corrected chi connectivity index (χ4v) is 3.37. The Bertz CT molecular complexity index is 619. The van der Waals surface area contributed by atoms with Crippen molar-refractivity contribution in [1.82, 2.24) is 15.0 Å². The lowest BCUT2D eigenvalue weighted by atomic mass is 10.5. The van der Waals surface area contributed by atoms with Gasteiger partial charge in [0.2, 0.25) is 11.8 Å². The van der Waals surface area contributed by atoms with E-state index in [1.807, 2.05) is 18.2 Å². The second kappa shape index (κ2) is 9.96. The molecule has 0 aromatic carbocycles. The van der Waals surface area contributed by atoms with Crippen LogP contribution in [0.3, 0.4) is 0 Å². The number of carbonyl (C=O) groups is 1. The van der Waals surface area contributed by atoms with Crippen molar-refractivity contribution in [3.05, 3.63) is 36.5 Å². The summed E-state index contributed by atoms with van der Waals surface area (Å²) >= 11 is 0. The molecule has 0 saturated carbocycles.